The number of carbonyl (C=O) groups excluding carboxylic acids is 3. The minimum Gasteiger partial charge on any atom is -0.497 e. The third kappa shape index (κ3) is 6.62. The van der Waals surface area contributed by atoms with Crippen molar-refractivity contribution in [3.63, 3.8) is 0 Å². The fourth-order valence-electron chi connectivity index (χ4n) is 2.05. The van der Waals surface area contributed by atoms with E-state index in [1.54, 1.807) is 12.1 Å². The van der Waals surface area contributed by atoms with Crippen LogP contribution in [0.3, 0.4) is 0 Å². The van der Waals surface area contributed by atoms with Crippen molar-refractivity contribution in [3.05, 3.63) is 52.7 Å². The number of hydrogen-bond donors (Lipinski definition) is 2. The van der Waals surface area contributed by atoms with Gasteiger partial charge in [-0.25, -0.2) is 4.98 Å². The molecule has 0 aliphatic heterocycles. The summed E-state index contributed by atoms with van der Waals surface area (Å²) in [5, 5.41) is 4.00. The molecule has 1 aromatic carbocycles. The monoisotopic (exact) mass is 445 g/mol. The van der Waals surface area contributed by atoms with E-state index >= 15 is 0 Å². The molecule has 0 aliphatic carbocycles. The van der Waals surface area contributed by atoms with Crippen molar-refractivity contribution in [1.29, 1.82) is 0 Å². The van der Waals surface area contributed by atoms with Crippen LogP contribution in [-0.2, 0) is 20.5 Å². The van der Waals surface area contributed by atoms with E-state index in [9.17, 15) is 27.6 Å². The largest absolute Gasteiger partial charge is 0.497 e. The summed E-state index contributed by atoms with van der Waals surface area (Å²) in [4.78, 5) is 38.8. The van der Waals surface area contributed by atoms with Gasteiger partial charge in [-0.1, -0.05) is 11.6 Å². The predicted molar refractivity (Wildman–Crippen MR) is 99.2 cm³/mol. The Kier molecular flexibility index (Phi) is 7.59. The smallest absolute Gasteiger partial charge is 0.417 e. The average molecular weight is 446 g/mol. The number of pyridine rings is 1. The summed E-state index contributed by atoms with van der Waals surface area (Å²) < 4.78 is 47.3. The Hall–Kier alpha value is -3.34. The fourth-order valence-corrected chi connectivity index (χ4v) is 2.26. The van der Waals surface area contributed by atoms with Crippen molar-refractivity contribution in [3.8, 4) is 5.75 Å². The summed E-state index contributed by atoms with van der Waals surface area (Å²) >= 11 is 5.66. The number of benzene rings is 1. The van der Waals surface area contributed by atoms with Crippen molar-refractivity contribution < 1.29 is 37.0 Å². The molecule has 12 heteroatoms. The Balaban J connectivity index is 1.79. The summed E-state index contributed by atoms with van der Waals surface area (Å²) in [6.45, 7) is -1.26. The second-order valence-corrected chi connectivity index (χ2v) is 6.08. The zero-order chi connectivity index (χ0) is 22.3. The van der Waals surface area contributed by atoms with Crippen molar-refractivity contribution in [1.82, 2.24) is 10.3 Å². The maximum Gasteiger partial charge on any atom is 0.417 e. The van der Waals surface area contributed by atoms with E-state index in [-0.39, 0.29) is 11.4 Å². The highest BCUT2D eigenvalue weighted by Gasteiger charge is 2.31. The third-order valence-corrected chi connectivity index (χ3v) is 3.82. The molecule has 160 valence electrons. The number of nitrogens with one attached hydrogen (secondary N) is 2. The molecule has 0 spiro atoms. The molecule has 0 aliphatic rings. The highest BCUT2D eigenvalue weighted by atomic mass is 35.5. The Morgan fingerprint density at radius 3 is 2.40 bits per heavy atom. The van der Waals surface area contributed by atoms with Crippen LogP contribution >= 0.6 is 11.6 Å². The topological polar surface area (TPSA) is 107 Å². The maximum atomic E-state index is 12.6. The van der Waals surface area contributed by atoms with E-state index in [4.69, 9.17) is 16.3 Å². The Morgan fingerprint density at radius 1 is 1.17 bits per heavy atom. The van der Waals surface area contributed by atoms with Gasteiger partial charge in [0.15, 0.2) is 12.4 Å². The van der Waals surface area contributed by atoms with E-state index < -0.39 is 47.7 Å². The molecule has 1 aromatic heterocycles. The van der Waals surface area contributed by atoms with Gasteiger partial charge in [-0.05, 0) is 30.3 Å². The van der Waals surface area contributed by atoms with Crippen molar-refractivity contribution >= 4 is 35.2 Å². The lowest BCUT2D eigenvalue weighted by molar-refractivity contribution is -0.146. The summed E-state index contributed by atoms with van der Waals surface area (Å²) in [6, 6.07) is 6.72. The molecule has 2 N–H and O–H groups in total. The van der Waals surface area contributed by atoms with Gasteiger partial charge in [0, 0.05) is 11.8 Å². The molecule has 0 bridgehead atoms. The zero-order valence-electron chi connectivity index (χ0n) is 15.4. The quantitative estimate of drug-likeness (QED) is 0.635. The number of ether oxygens (including phenoxy) is 2. The van der Waals surface area contributed by atoms with Crippen molar-refractivity contribution in [2.75, 3.05) is 25.6 Å². The molecule has 2 rings (SSSR count). The van der Waals surface area contributed by atoms with Crippen LogP contribution < -0.4 is 15.4 Å². The molecule has 0 fully saturated rings. The minimum absolute atomic E-state index is 0.282. The van der Waals surface area contributed by atoms with Gasteiger partial charge >= 0.3 is 12.1 Å². The van der Waals surface area contributed by atoms with E-state index in [0.717, 1.165) is 0 Å². The van der Waals surface area contributed by atoms with Crippen molar-refractivity contribution in [2.45, 2.75) is 6.18 Å². The lowest BCUT2D eigenvalue weighted by atomic mass is 10.2. The molecule has 0 atom stereocenters. The number of rotatable bonds is 7. The molecule has 0 unspecified atom stereocenters. The lowest BCUT2D eigenvalue weighted by Gasteiger charge is -2.10. The molecule has 8 nitrogen and oxygen atoms in total. The van der Waals surface area contributed by atoms with E-state index in [1.165, 1.54) is 19.2 Å². The molecule has 0 saturated heterocycles. The van der Waals surface area contributed by atoms with Crippen LogP contribution in [0.2, 0.25) is 5.02 Å². The molecule has 1 heterocycles. The summed E-state index contributed by atoms with van der Waals surface area (Å²) in [6.07, 6.45) is -4.13. The number of carbonyl (C=O) groups is 3. The number of esters is 1. The van der Waals surface area contributed by atoms with E-state index in [0.29, 0.717) is 18.0 Å². The van der Waals surface area contributed by atoms with Gasteiger partial charge < -0.3 is 20.1 Å². The van der Waals surface area contributed by atoms with Gasteiger partial charge in [-0.3, -0.25) is 14.4 Å². The van der Waals surface area contributed by atoms with Gasteiger partial charge in [-0.15, -0.1) is 0 Å². The molecule has 0 radical (unpaired) electrons. The molecule has 2 amide bonds. The molecule has 2 aromatic rings. The third-order valence-electron chi connectivity index (χ3n) is 3.54. The molecular weight excluding hydrogens is 431 g/mol. The normalized spacial score (nSPS) is 10.8. The predicted octanol–water partition coefficient (Wildman–Crippen LogP) is 2.67. The number of hydrogen-bond acceptors (Lipinski definition) is 6. The van der Waals surface area contributed by atoms with Gasteiger partial charge in [0.05, 0.1) is 17.7 Å². The summed E-state index contributed by atoms with van der Waals surface area (Å²) in [5.41, 5.74) is -0.797. The number of nitrogens with zero attached hydrogens (tertiary/aromatic N) is 1. The van der Waals surface area contributed by atoms with Crippen LogP contribution in [0, 0.1) is 0 Å². The number of aromatic nitrogens is 1. The Morgan fingerprint density at radius 2 is 1.83 bits per heavy atom. The van der Waals surface area contributed by atoms with Crippen LogP contribution in [0.15, 0.2) is 36.5 Å². The standard InChI is InChI=1S/C18H15ClF3N3O5/c1-29-12-4-2-10(3-5-12)17(28)24-8-15(27)30-9-14(26)25-16-13(19)6-11(7-23-16)18(20,21)22/h2-7H,8-9H2,1H3,(H,24,28)(H,23,25,26). The number of methoxy groups -OCH3 is 1. The lowest BCUT2D eigenvalue weighted by Crippen LogP contribution is -2.32. The zero-order valence-corrected chi connectivity index (χ0v) is 16.1. The maximum absolute atomic E-state index is 12.6. The van der Waals surface area contributed by atoms with Crippen LogP contribution in [0.1, 0.15) is 15.9 Å². The first kappa shape index (κ1) is 22.9. The first-order chi connectivity index (χ1) is 14.1. The van der Waals surface area contributed by atoms with Crippen LogP contribution in [0.5, 0.6) is 5.75 Å². The highest BCUT2D eigenvalue weighted by molar-refractivity contribution is 6.33. The second kappa shape index (κ2) is 9.92. The van der Waals surface area contributed by atoms with Crippen LogP contribution in [0.4, 0.5) is 19.0 Å². The van der Waals surface area contributed by atoms with Gasteiger partial charge in [0.1, 0.15) is 12.3 Å². The van der Waals surface area contributed by atoms with Crippen molar-refractivity contribution in [2.24, 2.45) is 0 Å². The van der Waals surface area contributed by atoms with Crippen LogP contribution in [0.25, 0.3) is 0 Å². The number of halogens is 4. The number of alkyl halides is 3. The van der Waals surface area contributed by atoms with Crippen LogP contribution in [-0.4, -0.2) is 43.0 Å². The Labute approximate surface area is 173 Å². The van der Waals surface area contributed by atoms with Gasteiger partial charge in [0.25, 0.3) is 11.8 Å². The summed E-state index contributed by atoms with van der Waals surface area (Å²) in [7, 11) is 1.48. The minimum atomic E-state index is -4.63. The fraction of sp³-hybridized carbons (Fsp3) is 0.222. The van der Waals surface area contributed by atoms with E-state index in [1.807, 2.05) is 0 Å². The number of amides is 2. The first-order valence-electron chi connectivity index (χ1n) is 8.20. The number of anilines is 1. The van der Waals surface area contributed by atoms with Gasteiger partial charge in [-0.2, -0.15) is 13.2 Å². The first-order valence-corrected chi connectivity index (χ1v) is 8.58. The Bertz CT molecular complexity index is 936. The average Bonchev–Trinajstić information content (AvgIpc) is 2.71. The SMILES string of the molecule is COc1ccc(C(=O)NCC(=O)OCC(=O)Nc2ncc(C(F)(F)F)cc2Cl)cc1. The van der Waals surface area contributed by atoms with E-state index in [2.05, 4.69) is 20.4 Å². The molecular formula is C18H15ClF3N3O5. The second-order valence-electron chi connectivity index (χ2n) is 5.67. The highest BCUT2D eigenvalue weighted by Crippen LogP contribution is 2.32. The van der Waals surface area contributed by atoms with Gasteiger partial charge in [0.2, 0.25) is 0 Å². The molecule has 30 heavy (non-hydrogen) atoms. The summed E-state index contributed by atoms with van der Waals surface area (Å²) in [5.74, 6) is -2.09. The molecule has 0 saturated carbocycles.